The van der Waals surface area contributed by atoms with E-state index < -0.39 is 11.2 Å². The van der Waals surface area contributed by atoms with E-state index in [1.807, 2.05) is 6.92 Å². The molecule has 0 amide bonds. The summed E-state index contributed by atoms with van der Waals surface area (Å²) < 4.78 is 9.26. The Labute approximate surface area is 146 Å². The molecule has 2 rings (SSSR count). The maximum atomic E-state index is 12.3. The molecule has 138 valence electrons. The van der Waals surface area contributed by atoms with Gasteiger partial charge in [-0.25, -0.2) is 9.78 Å². The highest BCUT2D eigenvalue weighted by Crippen LogP contribution is 2.15. The Kier molecular flexibility index (Phi) is 5.81. The van der Waals surface area contributed by atoms with Gasteiger partial charge in [-0.05, 0) is 18.3 Å². The molecule has 1 unspecified atom stereocenters. The molecule has 0 aliphatic carbocycles. The Balaban J connectivity index is 2.04. The zero-order chi connectivity index (χ0) is 18.7. The van der Waals surface area contributed by atoms with E-state index in [1.165, 1.54) is 17.9 Å². The van der Waals surface area contributed by atoms with Crippen LogP contribution in [-0.2, 0) is 30.2 Å². The molecule has 0 aromatic carbocycles. The van der Waals surface area contributed by atoms with Crippen LogP contribution in [0.25, 0.3) is 11.2 Å². The van der Waals surface area contributed by atoms with Crippen molar-refractivity contribution in [3.05, 3.63) is 27.2 Å². The van der Waals surface area contributed by atoms with Crippen molar-refractivity contribution < 1.29 is 9.53 Å². The minimum absolute atomic E-state index is 0.157. The largest absolute Gasteiger partial charge is 0.464 e. The van der Waals surface area contributed by atoms with Crippen molar-refractivity contribution in [1.82, 2.24) is 18.7 Å². The number of fused-ring (bicyclic) bond motifs is 1. The zero-order valence-corrected chi connectivity index (χ0v) is 15.5. The van der Waals surface area contributed by atoms with Crippen molar-refractivity contribution in [3.63, 3.8) is 0 Å². The van der Waals surface area contributed by atoms with Crippen LogP contribution < -0.4 is 11.2 Å². The lowest BCUT2D eigenvalue weighted by atomic mass is 9.96. The number of ether oxygens (including phenoxy) is 1. The number of carbonyl (C=O) groups is 1. The van der Waals surface area contributed by atoms with Crippen LogP contribution >= 0.6 is 0 Å². The molecular formula is C17H26N4O4. The highest BCUT2D eigenvalue weighted by molar-refractivity contribution is 5.70. The van der Waals surface area contributed by atoms with Crippen molar-refractivity contribution in [2.45, 2.75) is 40.2 Å². The highest BCUT2D eigenvalue weighted by Gasteiger charge is 2.15. The Bertz CT molecular complexity index is 875. The van der Waals surface area contributed by atoms with Crippen molar-refractivity contribution >= 4 is 17.1 Å². The third-order valence-electron chi connectivity index (χ3n) is 4.20. The predicted molar refractivity (Wildman–Crippen MR) is 94.4 cm³/mol. The number of aryl methyl sites for hydroxylation is 1. The van der Waals surface area contributed by atoms with E-state index in [1.54, 1.807) is 11.6 Å². The molecule has 2 heterocycles. The normalized spacial score (nSPS) is 12.7. The standard InChI is InChI=1S/C17H26N4O4/c1-11(2)8-12(3)9-13(22)25-7-6-21-10-18-15-14(21)16(23)20(5)17(24)19(15)4/h10-12H,6-9H2,1-5H3. The van der Waals surface area contributed by atoms with E-state index in [0.29, 0.717) is 30.0 Å². The maximum Gasteiger partial charge on any atom is 0.332 e. The third kappa shape index (κ3) is 4.18. The van der Waals surface area contributed by atoms with E-state index in [4.69, 9.17) is 4.74 Å². The van der Waals surface area contributed by atoms with Gasteiger partial charge in [-0.3, -0.25) is 18.7 Å². The van der Waals surface area contributed by atoms with Crippen LogP contribution in [0.5, 0.6) is 0 Å². The summed E-state index contributed by atoms with van der Waals surface area (Å²) in [6, 6.07) is 0. The lowest BCUT2D eigenvalue weighted by molar-refractivity contribution is -0.145. The van der Waals surface area contributed by atoms with E-state index in [-0.39, 0.29) is 18.5 Å². The predicted octanol–water partition coefficient (Wildman–Crippen LogP) is 1.05. The first-order chi connectivity index (χ1) is 11.7. The molecule has 2 aromatic heterocycles. The first kappa shape index (κ1) is 19.0. The van der Waals surface area contributed by atoms with Crippen molar-refractivity contribution in [1.29, 1.82) is 0 Å². The molecule has 0 saturated heterocycles. The summed E-state index contributed by atoms with van der Waals surface area (Å²) in [6.45, 7) is 6.76. The third-order valence-corrected chi connectivity index (χ3v) is 4.20. The van der Waals surface area contributed by atoms with Gasteiger partial charge in [0.15, 0.2) is 11.2 Å². The van der Waals surface area contributed by atoms with Crippen molar-refractivity contribution in [3.8, 4) is 0 Å². The Hall–Kier alpha value is -2.38. The van der Waals surface area contributed by atoms with Crippen molar-refractivity contribution in [2.24, 2.45) is 25.9 Å². The molecule has 0 saturated carbocycles. The second kappa shape index (κ2) is 7.67. The Morgan fingerprint density at radius 3 is 2.52 bits per heavy atom. The maximum absolute atomic E-state index is 12.3. The summed E-state index contributed by atoms with van der Waals surface area (Å²) in [5.74, 6) is 0.587. The first-order valence-electron chi connectivity index (χ1n) is 8.48. The zero-order valence-electron chi connectivity index (χ0n) is 15.5. The van der Waals surface area contributed by atoms with Gasteiger partial charge < -0.3 is 9.30 Å². The summed E-state index contributed by atoms with van der Waals surface area (Å²) in [7, 11) is 3.00. The average Bonchev–Trinajstić information content (AvgIpc) is 2.94. The van der Waals surface area contributed by atoms with E-state index in [2.05, 4.69) is 18.8 Å². The minimum atomic E-state index is -0.423. The van der Waals surface area contributed by atoms with Crippen LogP contribution in [0.3, 0.4) is 0 Å². The molecule has 8 nitrogen and oxygen atoms in total. The number of hydrogen-bond acceptors (Lipinski definition) is 5. The van der Waals surface area contributed by atoms with Gasteiger partial charge in [-0.15, -0.1) is 0 Å². The van der Waals surface area contributed by atoms with Gasteiger partial charge in [0.05, 0.1) is 12.9 Å². The molecule has 0 N–H and O–H groups in total. The monoisotopic (exact) mass is 350 g/mol. The van der Waals surface area contributed by atoms with Crippen LogP contribution in [0.1, 0.15) is 33.6 Å². The molecule has 0 spiro atoms. The van der Waals surface area contributed by atoms with Crippen LogP contribution in [0, 0.1) is 11.8 Å². The average molecular weight is 350 g/mol. The number of carbonyl (C=O) groups excluding carboxylic acids is 1. The fourth-order valence-corrected chi connectivity index (χ4v) is 3.06. The van der Waals surface area contributed by atoms with Crippen LogP contribution in [0.4, 0.5) is 0 Å². The van der Waals surface area contributed by atoms with Crippen LogP contribution in [0.2, 0.25) is 0 Å². The first-order valence-corrected chi connectivity index (χ1v) is 8.48. The summed E-state index contributed by atoms with van der Waals surface area (Å²) >= 11 is 0. The smallest absolute Gasteiger partial charge is 0.332 e. The van der Waals surface area contributed by atoms with Crippen LogP contribution in [0.15, 0.2) is 15.9 Å². The van der Waals surface area contributed by atoms with Gasteiger partial charge >= 0.3 is 11.7 Å². The van der Waals surface area contributed by atoms with Crippen LogP contribution in [-0.4, -0.2) is 31.3 Å². The van der Waals surface area contributed by atoms with Gasteiger partial charge in [0, 0.05) is 20.5 Å². The topological polar surface area (TPSA) is 88.1 Å². The molecule has 1 atom stereocenters. The highest BCUT2D eigenvalue weighted by atomic mass is 16.5. The Morgan fingerprint density at radius 2 is 1.88 bits per heavy atom. The summed E-state index contributed by atoms with van der Waals surface area (Å²) in [5, 5.41) is 0. The lowest BCUT2D eigenvalue weighted by Crippen LogP contribution is -2.37. The molecular weight excluding hydrogens is 324 g/mol. The number of nitrogens with zero attached hydrogens (tertiary/aromatic N) is 4. The quantitative estimate of drug-likeness (QED) is 0.697. The fourth-order valence-electron chi connectivity index (χ4n) is 3.06. The molecule has 0 fully saturated rings. The number of rotatable bonds is 7. The second-order valence-corrected chi connectivity index (χ2v) is 6.98. The number of hydrogen-bond donors (Lipinski definition) is 0. The van der Waals surface area contributed by atoms with E-state index in [9.17, 15) is 14.4 Å². The molecule has 2 aromatic rings. The molecule has 0 aliphatic heterocycles. The SMILES string of the molecule is CC(C)CC(C)CC(=O)OCCn1cnc2c1c(=O)n(C)c(=O)n2C. The number of imidazole rings is 1. The number of esters is 1. The van der Waals surface area contributed by atoms with Gasteiger partial charge in [-0.2, -0.15) is 0 Å². The second-order valence-electron chi connectivity index (χ2n) is 6.98. The molecule has 25 heavy (non-hydrogen) atoms. The van der Waals surface area contributed by atoms with E-state index in [0.717, 1.165) is 11.0 Å². The van der Waals surface area contributed by atoms with Gasteiger partial charge in [0.2, 0.25) is 0 Å². The fraction of sp³-hybridized carbons (Fsp3) is 0.647. The lowest BCUT2D eigenvalue weighted by Gasteiger charge is -2.13. The van der Waals surface area contributed by atoms with Gasteiger partial charge in [0.1, 0.15) is 6.61 Å². The van der Waals surface area contributed by atoms with Gasteiger partial charge in [0.25, 0.3) is 5.56 Å². The molecule has 0 radical (unpaired) electrons. The van der Waals surface area contributed by atoms with Gasteiger partial charge in [-0.1, -0.05) is 20.8 Å². The van der Waals surface area contributed by atoms with E-state index >= 15 is 0 Å². The number of aromatic nitrogens is 4. The minimum Gasteiger partial charge on any atom is -0.464 e. The molecule has 8 heteroatoms. The summed E-state index contributed by atoms with van der Waals surface area (Å²) in [5.41, 5.74) is -0.181. The molecule has 0 aliphatic rings. The summed E-state index contributed by atoms with van der Waals surface area (Å²) in [6.07, 6.45) is 2.85. The van der Waals surface area contributed by atoms with Crippen molar-refractivity contribution in [2.75, 3.05) is 6.61 Å². The summed E-state index contributed by atoms with van der Waals surface area (Å²) in [4.78, 5) is 40.2. The molecule has 0 bridgehead atoms. The Morgan fingerprint density at radius 1 is 1.20 bits per heavy atom.